The summed E-state index contributed by atoms with van der Waals surface area (Å²) in [5.41, 5.74) is 8.06. The minimum absolute atomic E-state index is 0.222. The quantitative estimate of drug-likeness (QED) is 0.879. The van der Waals surface area contributed by atoms with Crippen LogP contribution in [-0.2, 0) is 4.74 Å². The van der Waals surface area contributed by atoms with Crippen LogP contribution in [0.3, 0.4) is 0 Å². The molecule has 0 fully saturated rings. The Morgan fingerprint density at radius 1 is 1.48 bits per heavy atom. The number of nitrogens with one attached hydrogen (secondary N) is 1. The summed E-state index contributed by atoms with van der Waals surface area (Å²) in [6.07, 6.45) is 5.41. The Bertz CT molecular complexity index is 614. The molecular weight excluding hydrogens is 286 g/mol. The average molecular weight is 303 g/mol. The third-order valence-electron chi connectivity index (χ3n) is 3.13. The largest absolute Gasteiger partial charge is 0.376 e. The number of nitrogens with two attached hydrogens (primary N) is 1. The van der Waals surface area contributed by atoms with E-state index in [0.717, 1.165) is 22.0 Å². The first kappa shape index (κ1) is 14.1. The van der Waals surface area contributed by atoms with Crippen molar-refractivity contribution >= 4 is 23.3 Å². The summed E-state index contributed by atoms with van der Waals surface area (Å²) in [5.74, 6) is 0.820. The molecule has 7 heteroatoms. The number of pyridine rings is 1. The molecule has 3 rings (SSSR count). The Labute approximate surface area is 127 Å². The minimum atomic E-state index is -0.222. The molecule has 110 valence electrons. The number of aromatic nitrogens is 3. The first-order chi connectivity index (χ1) is 10.3. The molecule has 1 aliphatic rings. The van der Waals surface area contributed by atoms with Crippen LogP contribution in [0.15, 0.2) is 41.7 Å². The molecule has 0 saturated heterocycles. The lowest BCUT2D eigenvalue weighted by molar-refractivity contribution is 0.176. The van der Waals surface area contributed by atoms with E-state index >= 15 is 0 Å². The van der Waals surface area contributed by atoms with Crippen LogP contribution in [0.25, 0.3) is 5.70 Å². The van der Waals surface area contributed by atoms with E-state index in [-0.39, 0.29) is 5.50 Å². The van der Waals surface area contributed by atoms with Crippen molar-refractivity contribution in [1.82, 2.24) is 15.2 Å². The second kappa shape index (κ2) is 6.30. The smallest absolute Gasteiger partial charge is 0.135 e. The van der Waals surface area contributed by atoms with E-state index in [9.17, 15) is 0 Å². The molecule has 2 aromatic heterocycles. The molecule has 0 amide bonds. The highest BCUT2D eigenvalue weighted by atomic mass is 32.2. The summed E-state index contributed by atoms with van der Waals surface area (Å²) in [6.45, 7) is 3.19. The van der Waals surface area contributed by atoms with Crippen LogP contribution in [0, 0.1) is 0 Å². The number of hydrogen-bond acceptors (Lipinski definition) is 6. The van der Waals surface area contributed by atoms with Gasteiger partial charge < -0.3 is 10.5 Å². The Morgan fingerprint density at radius 3 is 3.05 bits per heavy atom. The van der Waals surface area contributed by atoms with Gasteiger partial charge in [0.25, 0.3) is 0 Å². The molecule has 3 N–H and O–H groups in total. The van der Waals surface area contributed by atoms with Crippen molar-refractivity contribution < 1.29 is 4.74 Å². The monoisotopic (exact) mass is 303 g/mol. The van der Waals surface area contributed by atoms with E-state index in [1.807, 2.05) is 36.2 Å². The summed E-state index contributed by atoms with van der Waals surface area (Å²) in [6, 6.07) is 5.79. The molecule has 3 heterocycles. The van der Waals surface area contributed by atoms with E-state index in [4.69, 9.17) is 10.5 Å². The number of anilines is 1. The van der Waals surface area contributed by atoms with Crippen LogP contribution in [0.5, 0.6) is 0 Å². The number of hydrogen-bond donors (Lipinski definition) is 2. The van der Waals surface area contributed by atoms with Crippen molar-refractivity contribution in [1.29, 1.82) is 0 Å². The Hall–Kier alpha value is -1.83. The fourth-order valence-electron chi connectivity index (χ4n) is 2.23. The van der Waals surface area contributed by atoms with Gasteiger partial charge in [-0.05, 0) is 19.1 Å². The fourth-order valence-corrected chi connectivity index (χ4v) is 3.32. The maximum absolute atomic E-state index is 6.29. The number of aromatic amines is 1. The average Bonchev–Trinajstić information content (AvgIpc) is 3.13. The summed E-state index contributed by atoms with van der Waals surface area (Å²) in [7, 11) is 0. The lowest BCUT2D eigenvalue weighted by atomic mass is 10.2. The van der Waals surface area contributed by atoms with Gasteiger partial charge in [0.05, 0.1) is 18.5 Å². The molecular formula is C14H17N5OS. The molecule has 0 aromatic carbocycles. The molecule has 0 saturated carbocycles. The van der Waals surface area contributed by atoms with Crippen LogP contribution in [0.2, 0.25) is 0 Å². The zero-order valence-corrected chi connectivity index (χ0v) is 12.5. The van der Waals surface area contributed by atoms with Crippen LogP contribution < -0.4 is 10.6 Å². The van der Waals surface area contributed by atoms with Gasteiger partial charge in [0.1, 0.15) is 11.3 Å². The van der Waals surface area contributed by atoms with E-state index in [2.05, 4.69) is 15.2 Å². The zero-order chi connectivity index (χ0) is 14.7. The maximum Gasteiger partial charge on any atom is 0.135 e. The molecule has 21 heavy (non-hydrogen) atoms. The Kier molecular flexibility index (Phi) is 4.23. The number of ether oxygens (including phenoxy) is 1. The number of thioether (sulfide) groups is 1. The molecule has 2 aromatic rings. The van der Waals surface area contributed by atoms with Gasteiger partial charge in [-0.3, -0.25) is 10.00 Å². The van der Waals surface area contributed by atoms with Crippen LogP contribution in [-0.4, -0.2) is 33.9 Å². The highest BCUT2D eigenvalue weighted by Crippen LogP contribution is 2.42. The first-order valence-electron chi connectivity index (χ1n) is 6.73. The zero-order valence-electron chi connectivity index (χ0n) is 11.7. The lowest BCUT2D eigenvalue weighted by Crippen LogP contribution is -2.35. The van der Waals surface area contributed by atoms with Crippen molar-refractivity contribution in [3.63, 3.8) is 0 Å². The van der Waals surface area contributed by atoms with E-state index in [0.29, 0.717) is 13.2 Å². The maximum atomic E-state index is 6.29. The molecule has 1 atom stereocenters. The second-order valence-electron chi connectivity index (χ2n) is 4.46. The van der Waals surface area contributed by atoms with Gasteiger partial charge in [-0.1, -0.05) is 17.8 Å². The Balaban J connectivity index is 2.03. The predicted octanol–water partition coefficient (Wildman–Crippen LogP) is 2.01. The molecule has 0 radical (unpaired) electrons. The van der Waals surface area contributed by atoms with E-state index < -0.39 is 0 Å². The summed E-state index contributed by atoms with van der Waals surface area (Å²) in [5, 5.41) is 6.89. The van der Waals surface area contributed by atoms with Crippen LogP contribution >= 0.6 is 11.8 Å². The van der Waals surface area contributed by atoms with Gasteiger partial charge in [0.2, 0.25) is 0 Å². The Morgan fingerprint density at radius 2 is 2.38 bits per heavy atom. The molecule has 6 nitrogen and oxygen atoms in total. The van der Waals surface area contributed by atoms with Gasteiger partial charge >= 0.3 is 0 Å². The SMILES string of the molecule is CCOCC1=C(c2cn[nH]c2)N(c2ccccn2)C(N)S1. The standard InChI is InChI=1S/C14H17N5OS/c1-2-20-9-11-13(10-7-17-18-8-10)19(14(15)21-11)12-5-3-4-6-16-12/h3-8,14H,2,9,15H2,1H3,(H,17,18). The molecule has 0 bridgehead atoms. The fraction of sp³-hybridized carbons (Fsp3) is 0.286. The van der Waals surface area contributed by atoms with Crippen LogP contribution in [0.4, 0.5) is 5.82 Å². The van der Waals surface area contributed by atoms with Crippen LogP contribution in [0.1, 0.15) is 12.5 Å². The molecule has 0 spiro atoms. The van der Waals surface area contributed by atoms with Crippen molar-refractivity contribution in [2.45, 2.75) is 12.4 Å². The summed E-state index contributed by atoms with van der Waals surface area (Å²) in [4.78, 5) is 7.52. The van der Waals surface area contributed by atoms with E-state index in [1.165, 1.54) is 0 Å². The van der Waals surface area contributed by atoms with Crippen molar-refractivity contribution in [3.8, 4) is 0 Å². The normalized spacial score (nSPS) is 18.6. The van der Waals surface area contributed by atoms with E-state index in [1.54, 1.807) is 24.2 Å². The van der Waals surface area contributed by atoms with Crippen molar-refractivity contribution in [2.75, 3.05) is 18.1 Å². The van der Waals surface area contributed by atoms with Gasteiger partial charge in [-0.25, -0.2) is 4.98 Å². The molecule has 1 unspecified atom stereocenters. The highest BCUT2D eigenvalue weighted by Gasteiger charge is 2.33. The number of rotatable bonds is 5. The number of nitrogens with zero attached hydrogens (tertiary/aromatic N) is 3. The van der Waals surface area contributed by atoms with Gasteiger partial charge in [-0.2, -0.15) is 5.10 Å². The summed E-state index contributed by atoms with van der Waals surface area (Å²) < 4.78 is 5.57. The third kappa shape index (κ3) is 2.80. The topological polar surface area (TPSA) is 80.1 Å². The predicted molar refractivity (Wildman–Crippen MR) is 84.3 cm³/mol. The van der Waals surface area contributed by atoms with Gasteiger partial charge in [0.15, 0.2) is 0 Å². The lowest BCUT2D eigenvalue weighted by Gasteiger charge is -2.24. The van der Waals surface area contributed by atoms with Crippen molar-refractivity contribution in [3.05, 3.63) is 47.3 Å². The first-order valence-corrected chi connectivity index (χ1v) is 7.61. The minimum Gasteiger partial charge on any atom is -0.376 e. The van der Waals surface area contributed by atoms with Crippen molar-refractivity contribution in [2.24, 2.45) is 5.73 Å². The third-order valence-corrected chi connectivity index (χ3v) is 4.18. The second-order valence-corrected chi connectivity index (χ2v) is 5.67. The molecule has 0 aliphatic carbocycles. The molecule has 1 aliphatic heterocycles. The van der Waals surface area contributed by atoms with Gasteiger partial charge in [-0.15, -0.1) is 0 Å². The summed E-state index contributed by atoms with van der Waals surface area (Å²) >= 11 is 1.59. The highest BCUT2D eigenvalue weighted by molar-refractivity contribution is 8.04. The number of H-pyrrole nitrogens is 1. The van der Waals surface area contributed by atoms with Gasteiger partial charge in [0, 0.05) is 29.5 Å².